The maximum atomic E-state index is 12.7. The number of rotatable bonds is 5. The molecule has 1 fully saturated rings. The topological polar surface area (TPSA) is 60.9 Å². The number of aliphatic hydroxyl groups is 1. The highest BCUT2D eigenvalue weighted by Crippen LogP contribution is 2.40. The first-order valence-electron chi connectivity index (χ1n) is 8.12. The van der Waals surface area contributed by atoms with Crippen molar-refractivity contribution < 1.29 is 14.7 Å². The maximum Gasteiger partial charge on any atom is 0.295 e. The lowest BCUT2D eigenvalue weighted by molar-refractivity contribution is -0.140. The number of hydrogen-bond acceptors (Lipinski definition) is 5. The molecule has 1 aliphatic heterocycles. The van der Waals surface area contributed by atoms with Crippen LogP contribution in [0.1, 0.15) is 16.5 Å². The zero-order valence-electron chi connectivity index (χ0n) is 14.5. The van der Waals surface area contributed by atoms with Crippen molar-refractivity contribution in [1.29, 1.82) is 0 Å². The molecule has 1 saturated heterocycles. The van der Waals surface area contributed by atoms with E-state index in [0.717, 1.165) is 4.88 Å². The molecule has 1 aromatic heterocycles. The van der Waals surface area contributed by atoms with Crippen LogP contribution in [-0.4, -0.2) is 53.8 Å². The van der Waals surface area contributed by atoms with Gasteiger partial charge in [0.15, 0.2) is 0 Å². The predicted octanol–water partition coefficient (Wildman–Crippen LogP) is 3.38. The van der Waals surface area contributed by atoms with E-state index >= 15 is 0 Å². The van der Waals surface area contributed by atoms with Gasteiger partial charge in [-0.2, -0.15) is 0 Å². The quantitative estimate of drug-likeness (QED) is 0.483. The molecule has 136 valence electrons. The van der Waals surface area contributed by atoms with E-state index in [-0.39, 0.29) is 11.3 Å². The van der Waals surface area contributed by atoms with Crippen LogP contribution in [0, 0.1) is 0 Å². The van der Waals surface area contributed by atoms with Crippen molar-refractivity contribution in [3.8, 4) is 0 Å². The van der Waals surface area contributed by atoms with Crippen molar-refractivity contribution in [2.45, 2.75) is 6.04 Å². The molecule has 0 spiro atoms. The van der Waals surface area contributed by atoms with Gasteiger partial charge < -0.3 is 14.9 Å². The second kappa shape index (κ2) is 7.61. The largest absolute Gasteiger partial charge is 0.507 e. The molecule has 1 amide bonds. The summed E-state index contributed by atoms with van der Waals surface area (Å²) in [6.45, 7) is 1.02. The first-order valence-corrected chi connectivity index (χ1v) is 9.38. The van der Waals surface area contributed by atoms with Crippen LogP contribution < -0.4 is 0 Å². The van der Waals surface area contributed by atoms with E-state index in [2.05, 4.69) is 0 Å². The monoisotopic (exact) mass is 390 g/mol. The van der Waals surface area contributed by atoms with E-state index in [1.54, 1.807) is 24.3 Å². The Morgan fingerprint density at radius 3 is 2.50 bits per heavy atom. The summed E-state index contributed by atoms with van der Waals surface area (Å²) in [6.07, 6.45) is 0. The minimum atomic E-state index is -0.658. The number of benzene rings is 1. The first-order chi connectivity index (χ1) is 12.4. The number of carbonyl (C=O) groups is 2. The summed E-state index contributed by atoms with van der Waals surface area (Å²) >= 11 is 7.36. The molecule has 1 N–H and O–H groups in total. The third-order valence-electron chi connectivity index (χ3n) is 4.26. The molecule has 26 heavy (non-hydrogen) atoms. The SMILES string of the molecule is CN(C)CCN1C(=O)C(=O)/C(=C(/O)c2ccc(Cl)cc2)[C@H]1c1cccs1. The molecule has 0 unspecified atom stereocenters. The molecule has 1 aromatic carbocycles. The van der Waals surface area contributed by atoms with Crippen molar-refractivity contribution in [1.82, 2.24) is 9.80 Å². The smallest absolute Gasteiger partial charge is 0.295 e. The second-order valence-electron chi connectivity index (χ2n) is 6.32. The van der Waals surface area contributed by atoms with Crippen LogP contribution in [0.5, 0.6) is 0 Å². The van der Waals surface area contributed by atoms with Crippen LogP contribution >= 0.6 is 22.9 Å². The van der Waals surface area contributed by atoms with Gasteiger partial charge in [-0.05, 0) is 49.8 Å². The third kappa shape index (κ3) is 3.53. The van der Waals surface area contributed by atoms with Crippen molar-refractivity contribution in [3.63, 3.8) is 0 Å². The standard InChI is InChI=1S/C19H19ClN2O3S/c1-21(2)9-10-22-16(14-4-3-11-26-14)15(18(24)19(22)25)17(23)12-5-7-13(20)8-6-12/h3-8,11,16,23H,9-10H2,1-2H3/b17-15+/t16-/m1/s1. The Kier molecular flexibility index (Phi) is 5.46. The molecule has 3 rings (SSSR count). The van der Waals surface area contributed by atoms with Crippen molar-refractivity contribution in [2.24, 2.45) is 0 Å². The number of nitrogens with zero attached hydrogens (tertiary/aromatic N) is 2. The van der Waals surface area contributed by atoms with Gasteiger partial charge in [0.1, 0.15) is 5.76 Å². The van der Waals surface area contributed by atoms with Gasteiger partial charge in [0, 0.05) is 28.6 Å². The average molecular weight is 391 g/mol. The number of thiophene rings is 1. The van der Waals surface area contributed by atoms with Gasteiger partial charge in [-0.3, -0.25) is 9.59 Å². The molecule has 7 heteroatoms. The summed E-state index contributed by atoms with van der Waals surface area (Å²) in [7, 11) is 3.81. The average Bonchev–Trinajstić information content (AvgIpc) is 3.21. The first kappa shape index (κ1) is 18.6. The minimum absolute atomic E-state index is 0.124. The number of ketones is 1. The van der Waals surface area contributed by atoms with E-state index in [4.69, 9.17) is 11.6 Å². The molecule has 1 atom stereocenters. The van der Waals surface area contributed by atoms with Crippen molar-refractivity contribution in [2.75, 3.05) is 27.2 Å². The molecule has 2 aromatic rings. The summed E-state index contributed by atoms with van der Waals surface area (Å²) in [4.78, 5) is 29.7. The maximum absolute atomic E-state index is 12.7. The summed E-state index contributed by atoms with van der Waals surface area (Å²) in [5, 5.41) is 13.2. The molecular weight excluding hydrogens is 372 g/mol. The Morgan fingerprint density at radius 1 is 1.23 bits per heavy atom. The number of aliphatic hydroxyl groups excluding tert-OH is 1. The van der Waals surface area contributed by atoms with E-state index in [0.29, 0.717) is 23.7 Å². The van der Waals surface area contributed by atoms with Gasteiger partial charge >= 0.3 is 0 Å². The number of hydrogen-bond donors (Lipinski definition) is 1. The minimum Gasteiger partial charge on any atom is -0.507 e. The highest BCUT2D eigenvalue weighted by Gasteiger charge is 2.46. The zero-order chi connectivity index (χ0) is 18.8. The fraction of sp³-hybridized carbons (Fsp3) is 0.263. The molecule has 1 aliphatic rings. The van der Waals surface area contributed by atoms with Gasteiger partial charge in [-0.1, -0.05) is 17.7 Å². The zero-order valence-corrected chi connectivity index (χ0v) is 16.0. The number of halogens is 1. The molecule has 0 radical (unpaired) electrons. The molecular formula is C19H19ClN2O3S. The van der Waals surface area contributed by atoms with Crippen LogP contribution in [0.2, 0.25) is 5.02 Å². The van der Waals surface area contributed by atoms with Gasteiger partial charge in [-0.25, -0.2) is 0 Å². The number of amides is 1. The Bertz CT molecular complexity index is 844. The van der Waals surface area contributed by atoms with Gasteiger partial charge in [-0.15, -0.1) is 11.3 Å². The van der Waals surface area contributed by atoms with Gasteiger partial charge in [0.05, 0.1) is 11.6 Å². The van der Waals surface area contributed by atoms with E-state index < -0.39 is 17.7 Å². The van der Waals surface area contributed by atoms with E-state index in [1.807, 2.05) is 36.5 Å². The lowest BCUT2D eigenvalue weighted by atomic mass is 10.00. The van der Waals surface area contributed by atoms with Gasteiger partial charge in [0.2, 0.25) is 0 Å². The summed E-state index contributed by atoms with van der Waals surface area (Å²) in [6, 6.07) is 9.71. The number of Topliss-reactive ketones (excluding diaryl/α,β-unsaturated/α-hetero) is 1. The molecule has 2 heterocycles. The van der Waals surface area contributed by atoms with Gasteiger partial charge in [0.25, 0.3) is 11.7 Å². The van der Waals surface area contributed by atoms with E-state index in [9.17, 15) is 14.7 Å². The Hall–Kier alpha value is -2.15. The lowest BCUT2D eigenvalue weighted by Gasteiger charge is -2.25. The van der Waals surface area contributed by atoms with Crippen molar-refractivity contribution >= 4 is 40.4 Å². The van der Waals surface area contributed by atoms with E-state index in [1.165, 1.54) is 16.2 Å². The van der Waals surface area contributed by atoms with Crippen molar-refractivity contribution in [3.05, 3.63) is 62.8 Å². The molecule has 0 bridgehead atoms. The summed E-state index contributed by atoms with van der Waals surface area (Å²) < 4.78 is 0. The normalized spacial score (nSPS) is 19.5. The van der Waals surface area contributed by atoms with Crippen LogP contribution in [0.4, 0.5) is 0 Å². The highest BCUT2D eigenvalue weighted by molar-refractivity contribution is 7.10. The Labute approximate surface area is 161 Å². The fourth-order valence-electron chi connectivity index (χ4n) is 2.92. The van der Waals surface area contributed by atoms with Crippen LogP contribution in [0.3, 0.4) is 0 Å². The number of carbonyl (C=O) groups excluding carboxylic acids is 2. The lowest BCUT2D eigenvalue weighted by Crippen LogP contribution is -2.35. The number of likely N-dealkylation sites (tertiary alicyclic amines) is 1. The molecule has 0 aliphatic carbocycles. The summed E-state index contributed by atoms with van der Waals surface area (Å²) in [5.41, 5.74) is 0.583. The van der Waals surface area contributed by atoms with Crippen LogP contribution in [0.25, 0.3) is 5.76 Å². The summed E-state index contributed by atoms with van der Waals surface area (Å²) in [5.74, 6) is -1.42. The molecule has 5 nitrogen and oxygen atoms in total. The highest BCUT2D eigenvalue weighted by atomic mass is 35.5. The number of likely N-dealkylation sites (N-methyl/N-ethyl adjacent to an activating group) is 1. The molecule has 0 saturated carbocycles. The Morgan fingerprint density at radius 2 is 1.92 bits per heavy atom. The fourth-order valence-corrected chi connectivity index (χ4v) is 3.90. The van der Waals surface area contributed by atoms with Crippen LogP contribution in [0.15, 0.2) is 47.4 Å². The predicted molar refractivity (Wildman–Crippen MR) is 103 cm³/mol. The second-order valence-corrected chi connectivity index (χ2v) is 7.73. The van der Waals surface area contributed by atoms with Crippen LogP contribution in [-0.2, 0) is 9.59 Å². The third-order valence-corrected chi connectivity index (χ3v) is 5.44. The Balaban J connectivity index is 2.09.